The van der Waals surface area contributed by atoms with Gasteiger partial charge in [-0.3, -0.25) is 14.4 Å². The third kappa shape index (κ3) is 10.7. The molecule has 3 fully saturated rings. The Kier molecular flexibility index (Phi) is 10.2. The Morgan fingerprint density at radius 1 is 0.535 bits per heavy atom. The van der Waals surface area contributed by atoms with Crippen molar-refractivity contribution in [3.63, 3.8) is 0 Å². The lowest BCUT2D eigenvalue weighted by Gasteiger charge is -2.46. The van der Waals surface area contributed by atoms with E-state index in [0.717, 1.165) is 0 Å². The van der Waals surface area contributed by atoms with Crippen LogP contribution in [0.25, 0.3) is 0 Å². The molecule has 0 spiro atoms. The molecule has 3 heterocycles. The molecule has 3 rings (SSSR count). The van der Waals surface area contributed by atoms with E-state index in [-0.39, 0.29) is 58.0 Å². The molecule has 0 aromatic heterocycles. The second-order valence-electron chi connectivity index (χ2n) is 17.7. The van der Waals surface area contributed by atoms with E-state index in [1.807, 2.05) is 0 Å². The van der Waals surface area contributed by atoms with E-state index in [4.69, 9.17) is 14.2 Å². The maximum atomic E-state index is 13.8. The molecule has 2 atom stereocenters. The molecule has 0 aliphatic carbocycles. The van der Waals surface area contributed by atoms with Gasteiger partial charge in [0.05, 0.1) is 18.3 Å². The molecular formula is C34H61N3O6. The Morgan fingerprint density at radius 3 is 1.14 bits per heavy atom. The van der Waals surface area contributed by atoms with E-state index < -0.39 is 29.7 Å². The third-order valence-electron chi connectivity index (χ3n) is 8.99. The largest absolute Gasteiger partial charge is 0.462 e. The van der Waals surface area contributed by atoms with E-state index in [2.05, 4.69) is 99.0 Å². The van der Waals surface area contributed by atoms with Gasteiger partial charge in [-0.05, 0) is 83.1 Å². The molecule has 0 bridgehead atoms. The molecule has 0 aromatic rings. The molecular weight excluding hydrogens is 546 g/mol. The number of hydrogen-bond donors (Lipinski definition) is 3. The Labute approximate surface area is 260 Å². The molecule has 43 heavy (non-hydrogen) atoms. The summed E-state index contributed by atoms with van der Waals surface area (Å²) in [5.41, 5.74) is -1.27. The van der Waals surface area contributed by atoms with Crippen molar-refractivity contribution in [1.29, 1.82) is 0 Å². The molecule has 3 saturated heterocycles. The SMILES string of the molecule is CC(C(=O)OC1CC(C)(C)NC(C)(C)C1)C(CC(=O)OC1CC(C)(C)NC(C)(C)C1)C(=O)OC1CC(C)(C)NC(C)(C)C1. The van der Waals surface area contributed by atoms with Crippen LogP contribution in [0, 0.1) is 11.8 Å². The number of carbonyl (C=O) groups is 3. The monoisotopic (exact) mass is 607 g/mol. The van der Waals surface area contributed by atoms with Crippen LogP contribution in [-0.2, 0) is 28.6 Å². The summed E-state index contributed by atoms with van der Waals surface area (Å²) in [7, 11) is 0. The molecule has 248 valence electrons. The second kappa shape index (κ2) is 12.2. The zero-order valence-electron chi connectivity index (χ0n) is 29.3. The summed E-state index contributed by atoms with van der Waals surface area (Å²) in [6, 6.07) is 0. The number of rotatable bonds is 8. The van der Waals surface area contributed by atoms with Crippen LogP contribution < -0.4 is 16.0 Å². The van der Waals surface area contributed by atoms with Gasteiger partial charge in [-0.25, -0.2) is 0 Å². The van der Waals surface area contributed by atoms with Gasteiger partial charge in [0, 0.05) is 71.8 Å². The fraction of sp³-hybridized carbons (Fsp3) is 0.912. The summed E-state index contributed by atoms with van der Waals surface area (Å²) in [5, 5.41) is 10.8. The minimum Gasteiger partial charge on any atom is -0.462 e. The number of ether oxygens (including phenoxy) is 3. The molecule has 9 nitrogen and oxygen atoms in total. The zero-order valence-corrected chi connectivity index (χ0v) is 29.3. The van der Waals surface area contributed by atoms with Gasteiger partial charge >= 0.3 is 17.9 Å². The Balaban J connectivity index is 1.78. The van der Waals surface area contributed by atoms with Crippen LogP contribution >= 0.6 is 0 Å². The van der Waals surface area contributed by atoms with Crippen molar-refractivity contribution in [3.05, 3.63) is 0 Å². The number of hydrogen-bond acceptors (Lipinski definition) is 9. The van der Waals surface area contributed by atoms with Crippen molar-refractivity contribution in [2.24, 2.45) is 11.8 Å². The topological polar surface area (TPSA) is 115 Å². The van der Waals surface area contributed by atoms with Gasteiger partial charge in [-0.2, -0.15) is 0 Å². The van der Waals surface area contributed by atoms with Crippen molar-refractivity contribution in [1.82, 2.24) is 16.0 Å². The van der Waals surface area contributed by atoms with Gasteiger partial charge in [0.25, 0.3) is 0 Å². The van der Waals surface area contributed by atoms with E-state index in [1.54, 1.807) is 6.92 Å². The summed E-state index contributed by atoms with van der Waals surface area (Å²) >= 11 is 0. The summed E-state index contributed by atoms with van der Waals surface area (Å²) < 4.78 is 18.1. The summed E-state index contributed by atoms with van der Waals surface area (Å²) in [5.74, 6) is -3.40. The number of esters is 3. The highest BCUT2D eigenvalue weighted by atomic mass is 16.6. The highest BCUT2D eigenvalue weighted by Crippen LogP contribution is 2.35. The number of carbonyl (C=O) groups excluding carboxylic acids is 3. The van der Waals surface area contributed by atoms with Crippen LogP contribution in [-0.4, -0.2) is 69.5 Å². The van der Waals surface area contributed by atoms with E-state index in [0.29, 0.717) is 38.5 Å². The fourth-order valence-corrected chi connectivity index (χ4v) is 8.50. The zero-order chi connectivity index (χ0) is 32.8. The molecule has 3 aliphatic heterocycles. The van der Waals surface area contributed by atoms with Crippen LogP contribution in [0.1, 0.15) is 135 Å². The van der Waals surface area contributed by atoms with Gasteiger partial charge < -0.3 is 30.2 Å². The smallest absolute Gasteiger partial charge is 0.310 e. The maximum absolute atomic E-state index is 13.8. The first-order valence-electron chi connectivity index (χ1n) is 16.3. The highest BCUT2D eigenvalue weighted by molar-refractivity contribution is 5.86. The second-order valence-corrected chi connectivity index (χ2v) is 17.7. The standard InChI is InChI=1S/C34H61N3O6/c1-21(27(39)42-23-17-31(6,7)36-32(8,9)18-23)25(28(40)43-24-19-33(10,11)37-34(12,13)20-24)14-26(38)41-22-15-29(2,3)35-30(4,5)16-22/h21-25,35-37H,14-20H2,1-13H3. The van der Waals surface area contributed by atoms with Crippen LogP contribution in [0.2, 0.25) is 0 Å². The quantitative estimate of drug-likeness (QED) is 0.253. The van der Waals surface area contributed by atoms with Gasteiger partial charge in [0.2, 0.25) is 0 Å². The van der Waals surface area contributed by atoms with Crippen molar-refractivity contribution < 1.29 is 28.6 Å². The van der Waals surface area contributed by atoms with Crippen molar-refractivity contribution in [2.45, 2.75) is 186 Å². The van der Waals surface area contributed by atoms with Crippen molar-refractivity contribution in [2.75, 3.05) is 0 Å². The molecule has 2 unspecified atom stereocenters. The average Bonchev–Trinajstić information content (AvgIpc) is 2.69. The third-order valence-corrected chi connectivity index (χ3v) is 8.99. The van der Waals surface area contributed by atoms with Crippen LogP contribution in [0.3, 0.4) is 0 Å². The minimum absolute atomic E-state index is 0.201. The van der Waals surface area contributed by atoms with Gasteiger partial charge in [-0.1, -0.05) is 6.92 Å². The summed E-state index contributed by atoms with van der Waals surface area (Å²) in [4.78, 5) is 40.8. The molecule has 0 radical (unpaired) electrons. The Hall–Kier alpha value is -1.71. The van der Waals surface area contributed by atoms with Crippen LogP contribution in [0.15, 0.2) is 0 Å². The summed E-state index contributed by atoms with van der Waals surface area (Å²) in [6.07, 6.45) is 2.76. The molecule has 0 aromatic carbocycles. The lowest BCUT2D eigenvalue weighted by atomic mass is 9.80. The van der Waals surface area contributed by atoms with Gasteiger partial charge in [0.15, 0.2) is 0 Å². The maximum Gasteiger partial charge on any atom is 0.310 e. The van der Waals surface area contributed by atoms with Crippen LogP contribution in [0.5, 0.6) is 0 Å². The van der Waals surface area contributed by atoms with Gasteiger partial charge in [-0.15, -0.1) is 0 Å². The molecule has 3 N–H and O–H groups in total. The average molecular weight is 608 g/mol. The lowest BCUT2D eigenvalue weighted by molar-refractivity contribution is -0.174. The van der Waals surface area contributed by atoms with Crippen molar-refractivity contribution >= 4 is 17.9 Å². The Morgan fingerprint density at radius 2 is 0.814 bits per heavy atom. The molecule has 9 heteroatoms. The lowest BCUT2D eigenvalue weighted by Crippen LogP contribution is -2.60. The first-order valence-corrected chi connectivity index (χ1v) is 16.3. The predicted octanol–water partition coefficient (Wildman–Crippen LogP) is 5.19. The summed E-state index contributed by atoms with van der Waals surface area (Å²) in [6.45, 7) is 26.8. The van der Waals surface area contributed by atoms with Crippen molar-refractivity contribution in [3.8, 4) is 0 Å². The predicted molar refractivity (Wildman–Crippen MR) is 168 cm³/mol. The number of piperidine rings is 3. The first kappa shape index (κ1) is 35.8. The number of nitrogens with one attached hydrogen (secondary N) is 3. The van der Waals surface area contributed by atoms with E-state index in [9.17, 15) is 14.4 Å². The molecule has 3 aliphatic rings. The first-order chi connectivity index (χ1) is 19.3. The van der Waals surface area contributed by atoms with Crippen LogP contribution in [0.4, 0.5) is 0 Å². The minimum atomic E-state index is -1.01. The van der Waals surface area contributed by atoms with E-state index >= 15 is 0 Å². The normalized spacial score (nSPS) is 27.8. The molecule has 0 amide bonds. The van der Waals surface area contributed by atoms with E-state index in [1.165, 1.54) is 0 Å². The Bertz CT molecular complexity index is 999. The highest BCUT2D eigenvalue weighted by Gasteiger charge is 2.45. The molecule has 0 saturated carbocycles. The fourth-order valence-electron chi connectivity index (χ4n) is 8.50. The van der Waals surface area contributed by atoms with Gasteiger partial charge in [0.1, 0.15) is 18.3 Å².